The van der Waals surface area contributed by atoms with Crippen LogP contribution in [0.2, 0.25) is 5.02 Å². The van der Waals surface area contributed by atoms with Crippen LogP contribution >= 0.6 is 11.6 Å². The summed E-state index contributed by atoms with van der Waals surface area (Å²) in [7, 11) is 0. The fraction of sp³-hybridized carbons (Fsp3) is 0.381. The number of carboxylic acid groups (broad SMARTS) is 1. The molecule has 0 radical (unpaired) electrons. The predicted molar refractivity (Wildman–Crippen MR) is 111 cm³/mol. The molecule has 1 aromatic carbocycles. The van der Waals surface area contributed by atoms with Crippen LogP contribution in [0.3, 0.4) is 0 Å². The van der Waals surface area contributed by atoms with Gasteiger partial charge in [-0.3, -0.25) is 14.5 Å². The first kappa shape index (κ1) is 19.7. The Balaban J connectivity index is 1.41. The highest BCUT2D eigenvalue weighted by Gasteiger charge is 2.32. The highest BCUT2D eigenvalue weighted by Crippen LogP contribution is 2.36. The van der Waals surface area contributed by atoms with E-state index in [1.165, 1.54) is 4.90 Å². The molecule has 1 aliphatic heterocycles. The van der Waals surface area contributed by atoms with Crippen LogP contribution < -0.4 is 4.74 Å². The van der Waals surface area contributed by atoms with E-state index in [1.807, 2.05) is 22.8 Å². The van der Waals surface area contributed by atoms with Gasteiger partial charge in [-0.25, -0.2) is 9.78 Å². The lowest BCUT2D eigenvalue weighted by Gasteiger charge is -2.28. The van der Waals surface area contributed by atoms with E-state index in [-0.39, 0.29) is 25.1 Å². The molecule has 3 aromatic rings. The molecule has 9 nitrogen and oxygen atoms in total. The minimum Gasteiger partial charge on any atom is -0.473 e. The SMILES string of the molecule is O=C(O)N1Cc2cc(Cl)ccc2-n2c(nnc2C2CCC(Oc3cnccn3)CC2)C1. The van der Waals surface area contributed by atoms with Gasteiger partial charge in [0.15, 0.2) is 5.82 Å². The molecule has 1 amide bonds. The fourth-order valence-corrected chi connectivity index (χ4v) is 4.58. The second kappa shape index (κ2) is 8.14. The molecule has 10 heteroatoms. The van der Waals surface area contributed by atoms with Crippen LogP contribution in [-0.2, 0) is 13.1 Å². The van der Waals surface area contributed by atoms with Gasteiger partial charge < -0.3 is 9.84 Å². The maximum absolute atomic E-state index is 11.7. The minimum absolute atomic E-state index is 0.0908. The molecule has 2 aliphatic rings. The Hall–Kier alpha value is -3.20. The Kier molecular flexibility index (Phi) is 5.19. The van der Waals surface area contributed by atoms with Crippen molar-refractivity contribution in [1.82, 2.24) is 29.6 Å². The molecule has 2 aromatic heterocycles. The molecule has 0 atom stereocenters. The zero-order valence-electron chi connectivity index (χ0n) is 16.7. The molecule has 5 rings (SSSR count). The number of benzene rings is 1. The fourth-order valence-electron chi connectivity index (χ4n) is 4.38. The number of halogens is 1. The second-order valence-electron chi connectivity index (χ2n) is 7.86. The molecule has 1 saturated carbocycles. The van der Waals surface area contributed by atoms with Gasteiger partial charge in [0.2, 0.25) is 5.88 Å². The van der Waals surface area contributed by atoms with Crippen LogP contribution in [0.15, 0.2) is 36.8 Å². The average molecular weight is 441 g/mol. The first-order chi connectivity index (χ1) is 15.1. The van der Waals surface area contributed by atoms with E-state index in [0.717, 1.165) is 42.8 Å². The first-order valence-corrected chi connectivity index (χ1v) is 10.6. The van der Waals surface area contributed by atoms with E-state index in [9.17, 15) is 9.90 Å². The molecule has 160 valence electrons. The van der Waals surface area contributed by atoms with Gasteiger partial charge in [0.05, 0.1) is 25.0 Å². The molecule has 31 heavy (non-hydrogen) atoms. The smallest absolute Gasteiger partial charge is 0.408 e. The molecular weight excluding hydrogens is 420 g/mol. The van der Waals surface area contributed by atoms with Crippen molar-refractivity contribution in [2.24, 2.45) is 0 Å². The molecule has 1 N–H and O–H groups in total. The number of amides is 1. The van der Waals surface area contributed by atoms with E-state index in [2.05, 4.69) is 20.2 Å². The van der Waals surface area contributed by atoms with Gasteiger partial charge in [-0.05, 0) is 49.4 Å². The molecular formula is C21H21ClN6O3. The second-order valence-corrected chi connectivity index (χ2v) is 8.29. The number of fused-ring (bicyclic) bond motifs is 3. The van der Waals surface area contributed by atoms with E-state index < -0.39 is 6.09 Å². The largest absolute Gasteiger partial charge is 0.473 e. The van der Waals surface area contributed by atoms with Gasteiger partial charge in [0, 0.05) is 23.3 Å². The third-order valence-electron chi connectivity index (χ3n) is 5.87. The summed E-state index contributed by atoms with van der Waals surface area (Å²) in [6, 6.07) is 5.55. The van der Waals surface area contributed by atoms with Gasteiger partial charge in [-0.1, -0.05) is 11.6 Å². The highest BCUT2D eigenvalue weighted by atomic mass is 35.5. The van der Waals surface area contributed by atoms with Gasteiger partial charge in [0.25, 0.3) is 0 Å². The zero-order valence-corrected chi connectivity index (χ0v) is 17.4. The molecule has 1 fully saturated rings. The van der Waals surface area contributed by atoms with Crippen molar-refractivity contribution >= 4 is 17.7 Å². The molecule has 0 saturated heterocycles. The topological polar surface area (TPSA) is 106 Å². The Bertz CT molecular complexity index is 1100. The van der Waals surface area contributed by atoms with Crippen LogP contribution in [0.4, 0.5) is 4.79 Å². The molecule has 0 spiro atoms. The minimum atomic E-state index is -0.995. The Morgan fingerprint density at radius 1 is 1.13 bits per heavy atom. The summed E-state index contributed by atoms with van der Waals surface area (Å²) >= 11 is 6.20. The molecule has 3 heterocycles. The average Bonchev–Trinajstić information content (AvgIpc) is 3.10. The van der Waals surface area contributed by atoms with Crippen molar-refractivity contribution in [2.45, 2.75) is 50.8 Å². The summed E-state index contributed by atoms with van der Waals surface area (Å²) in [5, 5.41) is 19.0. The van der Waals surface area contributed by atoms with Gasteiger partial charge in [-0.2, -0.15) is 0 Å². The number of aromatic nitrogens is 5. The third-order valence-corrected chi connectivity index (χ3v) is 6.10. The van der Waals surface area contributed by atoms with Gasteiger partial charge in [0.1, 0.15) is 11.9 Å². The Labute approximate surface area is 183 Å². The third kappa shape index (κ3) is 3.93. The number of carbonyl (C=O) groups is 1. The summed E-state index contributed by atoms with van der Waals surface area (Å²) in [4.78, 5) is 21.3. The number of hydrogen-bond acceptors (Lipinski definition) is 6. The van der Waals surface area contributed by atoms with Crippen LogP contribution in [0.1, 0.15) is 48.8 Å². The quantitative estimate of drug-likeness (QED) is 0.659. The summed E-state index contributed by atoms with van der Waals surface area (Å²) in [5.74, 6) is 2.24. The van der Waals surface area contributed by atoms with Crippen molar-refractivity contribution < 1.29 is 14.6 Å². The Morgan fingerprint density at radius 3 is 2.71 bits per heavy atom. The maximum atomic E-state index is 11.7. The summed E-state index contributed by atoms with van der Waals surface area (Å²) in [6.07, 6.45) is 7.51. The molecule has 0 unspecified atom stereocenters. The number of hydrogen-bond donors (Lipinski definition) is 1. The van der Waals surface area contributed by atoms with Crippen LogP contribution in [0.5, 0.6) is 5.88 Å². The number of ether oxygens (including phenoxy) is 1. The van der Waals surface area contributed by atoms with Gasteiger partial charge in [-0.15, -0.1) is 10.2 Å². The molecule has 0 bridgehead atoms. The van der Waals surface area contributed by atoms with Crippen molar-refractivity contribution in [3.63, 3.8) is 0 Å². The van der Waals surface area contributed by atoms with Crippen molar-refractivity contribution in [3.8, 4) is 11.6 Å². The molecule has 1 aliphatic carbocycles. The zero-order chi connectivity index (χ0) is 21.4. The van der Waals surface area contributed by atoms with E-state index >= 15 is 0 Å². The standard InChI is InChI=1S/C21H21ClN6O3/c22-15-3-6-17-14(9-15)11-27(21(29)30)12-18-25-26-20(28(17)18)13-1-4-16(5-2-13)31-19-10-23-7-8-24-19/h3,6-10,13,16H,1-2,4-5,11-12H2,(H,29,30). The van der Waals surface area contributed by atoms with E-state index in [4.69, 9.17) is 16.3 Å². The lowest BCUT2D eigenvalue weighted by atomic mass is 9.86. The Morgan fingerprint density at radius 2 is 1.97 bits per heavy atom. The number of rotatable bonds is 3. The lowest BCUT2D eigenvalue weighted by molar-refractivity contribution is 0.137. The predicted octanol–water partition coefficient (Wildman–Crippen LogP) is 3.81. The summed E-state index contributed by atoms with van der Waals surface area (Å²) < 4.78 is 7.98. The van der Waals surface area contributed by atoms with Gasteiger partial charge >= 0.3 is 6.09 Å². The van der Waals surface area contributed by atoms with E-state index in [0.29, 0.717) is 16.7 Å². The van der Waals surface area contributed by atoms with E-state index in [1.54, 1.807) is 18.6 Å². The van der Waals surface area contributed by atoms with Crippen molar-refractivity contribution in [3.05, 3.63) is 59.0 Å². The van der Waals surface area contributed by atoms with Crippen molar-refractivity contribution in [2.75, 3.05) is 0 Å². The summed E-state index contributed by atoms with van der Waals surface area (Å²) in [5.41, 5.74) is 1.73. The van der Waals surface area contributed by atoms with Crippen molar-refractivity contribution in [1.29, 1.82) is 0 Å². The summed E-state index contributed by atoms with van der Waals surface area (Å²) in [6.45, 7) is 0.437. The van der Waals surface area contributed by atoms with Crippen LogP contribution in [0.25, 0.3) is 5.69 Å². The highest BCUT2D eigenvalue weighted by molar-refractivity contribution is 6.30. The maximum Gasteiger partial charge on any atom is 0.408 e. The first-order valence-electron chi connectivity index (χ1n) is 10.2. The lowest BCUT2D eigenvalue weighted by Crippen LogP contribution is -2.28. The monoisotopic (exact) mass is 440 g/mol. The number of nitrogens with zero attached hydrogens (tertiary/aromatic N) is 6. The van der Waals surface area contributed by atoms with Crippen LogP contribution in [0, 0.1) is 0 Å². The van der Waals surface area contributed by atoms with Crippen LogP contribution in [-0.4, -0.2) is 46.9 Å². The normalized spacial score (nSPS) is 20.5.